The highest BCUT2D eigenvalue weighted by molar-refractivity contribution is 9.10. The number of benzene rings is 2. The van der Waals surface area contributed by atoms with Crippen LogP contribution in [0.4, 0.5) is 4.39 Å². The van der Waals surface area contributed by atoms with Gasteiger partial charge < -0.3 is 4.57 Å². The lowest BCUT2D eigenvalue weighted by atomic mass is 10.0. The van der Waals surface area contributed by atoms with E-state index in [0.717, 1.165) is 21.8 Å². The molecule has 1 aliphatic heterocycles. The zero-order chi connectivity index (χ0) is 18.3. The Bertz CT molecular complexity index is 1050. The number of halogens is 2. The summed E-state index contributed by atoms with van der Waals surface area (Å²) >= 11 is 3.41. The summed E-state index contributed by atoms with van der Waals surface area (Å²) in [6.45, 7) is 0.880. The van der Waals surface area contributed by atoms with Crippen LogP contribution in [0, 0.1) is 5.82 Å². The first-order valence-electron chi connectivity index (χ1n) is 8.15. The average molecular weight is 435 g/mol. The molecule has 4 rings (SSSR count). The van der Waals surface area contributed by atoms with E-state index in [1.165, 1.54) is 22.5 Å². The van der Waals surface area contributed by atoms with E-state index in [1.54, 1.807) is 0 Å². The van der Waals surface area contributed by atoms with Gasteiger partial charge in [0.05, 0.1) is 10.9 Å². The SMILES string of the molecule is O=S(=O)(c1cccc(F)c1)N1CCn2cccc2C1c1ccc(Br)cc1. The molecule has 0 radical (unpaired) electrons. The lowest BCUT2D eigenvalue weighted by molar-refractivity contribution is 0.298. The third-order valence-electron chi connectivity index (χ3n) is 4.58. The Morgan fingerprint density at radius 2 is 1.77 bits per heavy atom. The van der Waals surface area contributed by atoms with Crippen LogP contribution in [0.3, 0.4) is 0 Å². The molecule has 0 fully saturated rings. The molecule has 1 atom stereocenters. The Morgan fingerprint density at radius 3 is 2.50 bits per heavy atom. The fourth-order valence-electron chi connectivity index (χ4n) is 3.37. The third kappa shape index (κ3) is 3.00. The van der Waals surface area contributed by atoms with Gasteiger partial charge in [0.25, 0.3) is 0 Å². The van der Waals surface area contributed by atoms with Gasteiger partial charge in [-0.15, -0.1) is 0 Å². The molecule has 3 aromatic rings. The summed E-state index contributed by atoms with van der Waals surface area (Å²) in [5, 5.41) is 0. The van der Waals surface area contributed by atoms with E-state index in [2.05, 4.69) is 20.5 Å². The molecule has 0 saturated carbocycles. The molecule has 1 aromatic heterocycles. The summed E-state index contributed by atoms with van der Waals surface area (Å²) < 4.78 is 44.6. The molecule has 7 heteroatoms. The number of aromatic nitrogens is 1. The minimum Gasteiger partial charge on any atom is -0.348 e. The quantitative estimate of drug-likeness (QED) is 0.620. The van der Waals surface area contributed by atoms with E-state index < -0.39 is 21.9 Å². The number of hydrogen-bond acceptors (Lipinski definition) is 2. The standard InChI is InChI=1S/C19H16BrFN2O2S/c20-15-8-6-14(7-9-15)19-18-5-2-10-22(18)11-12-23(19)26(24,25)17-4-1-3-16(21)13-17/h1-10,13,19H,11-12H2. The van der Waals surface area contributed by atoms with Crippen molar-refractivity contribution < 1.29 is 12.8 Å². The smallest absolute Gasteiger partial charge is 0.244 e. The van der Waals surface area contributed by atoms with Crippen LogP contribution in [-0.2, 0) is 16.6 Å². The maximum absolute atomic E-state index is 13.6. The number of sulfonamides is 1. The van der Waals surface area contributed by atoms with Gasteiger partial charge in [-0.05, 0) is 48.0 Å². The van der Waals surface area contributed by atoms with Gasteiger partial charge >= 0.3 is 0 Å². The highest BCUT2D eigenvalue weighted by atomic mass is 79.9. The predicted molar refractivity (Wildman–Crippen MR) is 101 cm³/mol. The van der Waals surface area contributed by atoms with Crippen LogP contribution in [0.2, 0.25) is 0 Å². The maximum Gasteiger partial charge on any atom is 0.244 e. The molecule has 1 aliphatic rings. The Hall–Kier alpha value is -1.96. The second kappa shape index (κ2) is 6.64. The summed E-state index contributed by atoms with van der Waals surface area (Å²) in [7, 11) is -3.84. The molecule has 26 heavy (non-hydrogen) atoms. The van der Waals surface area contributed by atoms with Gasteiger partial charge in [0, 0.05) is 29.5 Å². The van der Waals surface area contributed by atoms with Crippen LogP contribution in [0.5, 0.6) is 0 Å². The van der Waals surface area contributed by atoms with Crippen molar-refractivity contribution in [2.24, 2.45) is 0 Å². The molecule has 0 bridgehead atoms. The van der Waals surface area contributed by atoms with Gasteiger partial charge in [-0.3, -0.25) is 0 Å². The molecule has 0 amide bonds. The van der Waals surface area contributed by atoms with Gasteiger partial charge in [0.2, 0.25) is 10.0 Å². The van der Waals surface area contributed by atoms with Crippen molar-refractivity contribution in [3.63, 3.8) is 0 Å². The lowest BCUT2D eigenvalue weighted by Gasteiger charge is -2.36. The van der Waals surface area contributed by atoms with Crippen LogP contribution in [0.1, 0.15) is 17.3 Å². The van der Waals surface area contributed by atoms with Crippen LogP contribution >= 0.6 is 15.9 Å². The summed E-state index contributed by atoms with van der Waals surface area (Å²) in [6, 6.07) is 16.2. The Morgan fingerprint density at radius 1 is 1.00 bits per heavy atom. The molecule has 0 aliphatic carbocycles. The fraction of sp³-hybridized carbons (Fsp3) is 0.158. The topological polar surface area (TPSA) is 42.3 Å². The summed E-state index contributed by atoms with van der Waals surface area (Å²) in [6.07, 6.45) is 1.95. The van der Waals surface area contributed by atoms with E-state index in [9.17, 15) is 12.8 Å². The van der Waals surface area contributed by atoms with Crippen LogP contribution in [0.15, 0.2) is 76.2 Å². The first-order chi connectivity index (χ1) is 12.5. The van der Waals surface area contributed by atoms with E-state index in [-0.39, 0.29) is 4.90 Å². The predicted octanol–water partition coefficient (Wildman–Crippen LogP) is 4.18. The van der Waals surface area contributed by atoms with Gasteiger partial charge in [0.1, 0.15) is 5.82 Å². The molecule has 2 aromatic carbocycles. The molecule has 4 nitrogen and oxygen atoms in total. The summed E-state index contributed by atoms with van der Waals surface area (Å²) in [4.78, 5) is -0.0281. The average Bonchev–Trinajstić information content (AvgIpc) is 3.10. The van der Waals surface area contributed by atoms with Gasteiger partial charge in [-0.2, -0.15) is 4.31 Å². The van der Waals surface area contributed by atoms with E-state index in [1.807, 2.05) is 42.6 Å². The zero-order valence-electron chi connectivity index (χ0n) is 13.7. The van der Waals surface area contributed by atoms with Crippen molar-refractivity contribution in [3.8, 4) is 0 Å². The lowest BCUT2D eigenvalue weighted by Crippen LogP contribution is -2.42. The largest absolute Gasteiger partial charge is 0.348 e. The van der Waals surface area contributed by atoms with Gasteiger partial charge in [0.15, 0.2) is 0 Å². The molecule has 2 heterocycles. The molecule has 1 unspecified atom stereocenters. The highest BCUT2D eigenvalue weighted by Crippen LogP contribution is 2.36. The summed E-state index contributed by atoms with van der Waals surface area (Å²) in [5.74, 6) is -0.563. The van der Waals surface area contributed by atoms with Crippen molar-refractivity contribution in [2.45, 2.75) is 17.5 Å². The van der Waals surface area contributed by atoms with E-state index >= 15 is 0 Å². The van der Waals surface area contributed by atoms with Gasteiger partial charge in [-0.25, -0.2) is 12.8 Å². The minimum atomic E-state index is -3.84. The van der Waals surface area contributed by atoms with Crippen LogP contribution in [-0.4, -0.2) is 23.8 Å². The van der Waals surface area contributed by atoms with Crippen LogP contribution in [0.25, 0.3) is 0 Å². The zero-order valence-corrected chi connectivity index (χ0v) is 16.1. The monoisotopic (exact) mass is 434 g/mol. The molecule has 0 spiro atoms. The number of hydrogen-bond donors (Lipinski definition) is 0. The fourth-order valence-corrected chi connectivity index (χ4v) is 5.24. The van der Waals surface area contributed by atoms with E-state index in [4.69, 9.17) is 0 Å². The van der Waals surface area contributed by atoms with Crippen molar-refractivity contribution >= 4 is 26.0 Å². The Labute approximate surface area is 160 Å². The normalized spacial score (nSPS) is 17.8. The van der Waals surface area contributed by atoms with Crippen molar-refractivity contribution in [3.05, 3.63) is 88.4 Å². The highest BCUT2D eigenvalue weighted by Gasteiger charge is 2.37. The number of fused-ring (bicyclic) bond motifs is 1. The minimum absolute atomic E-state index is 0.0281. The molecule has 134 valence electrons. The van der Waals surface area contributed by atoms with Gasteiger partial charge in [-0.1, -0.05) is 34.1 Å². The molecule has 0 saturated heterocycles. The molecular weight excluding hydrogens is 419 g/mol. The van der Waals surface area contributed by atoms with Crippen molar-refractivity contribution in [2.75, 3.05) is 6.54 Å². The molecule has 0 N–H and O–H groups in total. The van der Waals surface area contributed by atoms with Crippen molar-refractivity contribution in [1.29, 1.82) is 0 Å². The van der Waals surface area contributed by atoms with E-state index in [0.29, 0.717) is 13.1 Å². The first-order valence-corrected chi connectivity index (χ1v) is 10.4. The Kier molecular flexibility index (Phi) is 4.46. The second-order valence-electron chi connectivity index (χ2n) is 6.15. The van der Waals surface area contributed by atoms with Crippen LogP contribution < -0.4 is 0 Å². The molecular formula is C19H16BrFN2O2S. The summed E-state index contributed by atoms with van der Waals surface area (Å²) in [5.41, 5.74) is 1.77. The third-order valence-corrected chi connectivity index (χ3v) is 6.97. The number of nitrogens with zero attached hydrogens (tertiary/aromatic N) is 2. The maximum atomic E-state index is 13.6. The second-order valence-corrected chi connectivity index (χ2v) is 8.96. The van der Waals surface area contributed by atoms with Crippen molar-refractivity contribution in [1.82, 2.24) is 8.87 Å². The number of rotatable bonds is 3. The first kappa shape index (κ1) is 17.5. The Balaban J connectivity index is 1.85.